The summed E-state index contributed by atoms with van der Waals surface area (Å²) in [5.74, 6) is 0. The minimum Gasteiger partial charge on any atom is -0.455 e. The van der Waals surface area contributed by atoms with Crippen molar-refractivity contribution in [2.75, 3.05) is 0 Å². The Morgan fingerprint density at radius 1 is 0.286 bits per heavy atom. The SMILES string of the molecule is CC1(C)c2ccccc2-c2ccc(-c3ccc4oc5c(-c6ccc(-c7cc8ccccc8c8ccccc78)cc6)cc(-c6ccc7c(c6)C(C)(C)c6ccccc6-7)cc5c4c3)cc21. The van der Waals surface area contributed by atoms with Crippen LogP contribution in [0.1, 0.15) is 49.9 Å². The van der Waals surface area contributed by atoms with Crippen LogP contribution in [0.5, 0.6) is 0 Å². The lowest BCUT2D eigenvalue weighted by molar-refractivity contribution is 0.660. The molecule has 0 unspecified atom stereocenters. The molecule has 0 saturated heterocycles. The first-order valence-electron chi connectivity index (χ1n) is 22.2. The van der Waals surface area contributed by atoms with E-state index in [1.165, 1.54) is 99.4 Å². The van der Waals surface area contributed by atoms with E-state index >= 15 is 0 Å². The highest BCUT2D eigenvalue weighted by atomic mass is 16.3. The molecule has 1 nitrogen and oxygen atoms in total. The van der Waals surface area contributed by atoms with E-state index in [1.54, 1.807) is 0 Å². The van der Waals surface area contributed by atoms with Gasteiger partial charge in [-0.3, -0.25) is 0 Å². The Hall–Kier alpha value is -7.48. The molecule has 0 spiro atoms. The standard InChI is InChI=1S/C62H44O/c1-61(2)55-19-11-9-17-47(55)49-28-25-40(35-57(49)61)39-27-30-59-53(31-39)54-34-43(41-26-29-50-48-18-10-12-20-56(48)62(3,4)58(50)36-41)33-52(60(54)63-59)38-23-21-37(22-24-38)51-32-42-13-5-6-14-44(42)45-15-7-8-16-46(45)51/h5-36H,1-4H3. The highest BCUT2D eigenvalue weighted by molar-refractivity contribution is 6.15. The van der Waals surface area contributed by atoms with Crippen molar-refractivity contribution in [1.29, 1.82) is 0 Å². The van der Waals surface area contributed by atoms with Gasteiger partial charge < -0.3 is 4.42 Å². The molecule has 0 amide bonds. The summed E-state index contributed by atoms with van der Waals surface area (Å²) in [4.78, 5) is 0. The molecule has 2 aliphatic rings. The highest BCUT2D eigenvalue weighted by Gasteiger charge is 2.36. The quantitative estimate of drug-likeness (QED) is 0.162. The van der Waals surface area contributed by atoms with Gasteiger partial charge in [0.05, 0.1) is 0 Å². The van der Waals surface area contributed by atoms with E-state index in [-0.39, 0.29) is 10.8 Å². The van der Waals surface area contributed by atoms with Gasteiger partial charge in [-0.1, -0.05) is 179 Å². The molecule has 1 heteroatoms. The Bertz CT molecular complexity index is 3720. The van der Waals surface area contributed by atoms with E-state index in [4.69, 9.17) is 4.42 Å². The zero-order valence-corrected chi connectivity index (χ0v) is 35.9. The summed E-state index contributed by atoms with van der Waals surface area (Å²) < 4.78 is 6.94. The molecule has 0 bridgehead atoms. The molecule has 0 radical (unpaired) electrons. The molecule has 13 rings (SSSR count). The number of benzene rings is 10. The Labute approximate surface area is 367 Å². The van der Waals surface area contributed by atoms with Gasteiger partial charge in [0.15, 0.2) is 0 Å². The van der Waals surface area contributed by atoms with Gasteiger partial charge in [-0.15, -0.1) is 0 Å². The monoisotopic (exact) mass is 804 g/mol. The van der Waals surface area contributed by atoms with Gasteiger partial charge in [-0.05, 0) is 147 Å². The second-order valence-electron chi connectivity index (χ2n) is 18.8. The maximum absolute atomic E-state index is 6.94. The topological polar surface area (TPSA) is 13.1 Å². The van der Waals surface area contributed by atoms with Crippen molar-refractivity contribution < 1.29 is 4.42 Å². The van der Waals surface area contributed by atoms with E-state index in [0.29, 0.717) is 0 Å². The van der Waals surface area contributed by atoms with E-state index in [0.717, 1.165) is 33.1 Å². The Kier molecular flexibility index (Phi) is 7.48. The van der Waals surface area contributed by atoms with Crippen molar-refractivity contribution in [2.45, 2.75) is 38.5 Å². The minimum absolute atomic E-state index is 0.0685. The second kappa shape index (κ2) is 13.0. The van der Waals surface area contributed by atoms with Gasteiger partial charge in [-0.25, -0.2) is 0 Å². The average Bonchev–Trinajstić information content (AvgIpc) is 3.90. The predicted molar refractivity (Wildman–Crippen MR) is 266 cm³/mol. The van der Waals surface area contributed by atoms with Gasteiger partial charge in [0, 0.05) is 27.2 Å². The fourth-order valence-corrected chi connectivity index (χ4v) is 11.3. The third-order valence-corrected chi connectivity index (χ3v) is 14.7. The maximum Gasteiger partial charge on any atom is 0.143 e. The summed E-state index contributed by atoms with van der Waals surface area (Å²) in [5, 5.41) is 7.33. The lowest BCUT2D eigenvalue weighted by Crippen LogP contribution is -2.14. The molecular formula is C62H44O. The summed E-state index contributed by atoms with van der Waals surface area (Å²) >= 11 is 0. The van der Waals surface area contributed by atoms with E-state index in [2.05, 4.69) is 222 Å². The van der Waals surface area contributed by atoms with Crippen LogP contribution in [0.25, 0.3) is 110 Å². The van der Waals surface area contributed by atoms with Gasteiger partial charge in [0.1, 0.15) is 11.2 Å². The Balaban J connectivity index is 0.986. The van der Waals surface area contributed by atoms with Gasteiger partial charge in [-0.2, -0.15) is 0 Å². The maximum atomic E-state index is 6.94. The molecule has 298 valence electrons. The Morgan fingerprint density at radius 2 is 0.762 bits per heavy atom. The van der Waals surface area contributed by atoms with E-state index in [9.17, 15) is 0 Å². The van der Waals surface area contributed by atoms with Crippen LogP contribution >= 0.6 is 0 Å². The van der Waals surface area contributed by atoms with Crippen LogP contribution in [0.15, 0.2) is 199 Å². The highest BCUT2D eigenvalue weighted by Crippen LogP contribution is 2.52. The molecule has 1 heterocycles. The molecule has 11 aromatic rings. The Morgan fingerprint density at radius 3 is 1.43 bits per heavy atom. The molecule has 0 N–H and O–H groups in total. The normalized spacial score (nSPS) is 14.3. The van der Waals surface area contributed by atoms with E-state index in [1.807, 2.05) is 0 Å². The summed E-state index contributed by atoms with van der Waals surface area (Å²) in [5.41, 5.74) is 22.0. The average molecular weight is 805 g/mol. The van der Waals surface area contributed by atoms with Crippen LogP contribution in [0.4, 0.5) is 0 Å². The first-order valence-corrected chi connectivity index (χ1v) is 22.2. The summed E-state index contributed by atoms with van der Waals surface area (Å²) in [7, 11) is 0. The lowest BCUT2D eigenvalue weighted by Gasteiger charge is -2.22. The van der Waals surface area contributed by atoms with Crippen LogP contribution in [-0.2, 0) is 10.8 Å². The fraction of sp³-hybridized carbons (Fsp3) is 0.0968. The van der Waals surface area contributed by atoms with Crippen molar-refractivity contribution >= 4 is 43.5 Å². The molecule has 2 aliphatic carbocycles. The van der Waals surface area contributed by atoms with Crippen LogP contribution < -0.4 is 0 Å². The zero-order valence-electron chi connectivity index (χ0n) is 35.9. The third kappa shape index (κ3) is 5.23. The number of rotatable bonds is 4. The first kappa shape index (κ1) is 36.2. The fourth-order valence-electron chi connectivity index (χ4n) is 11.3. The van der Waals surface area contributed by atoms with Crippen LogP contribution in [0, 0.1) is 0 Å². The minimum atomic E-state index is -0.0966. The first-order chi connectivity index (χ1) is 30.7. The number of hydrogen-bond acceptors (Lipinski definition) is 1. The van der Waals surface area contributed by atoms with Gasteiger partial charge in [0.25, 0.3) is 0 Å². The summed E-state index contributed by atoms with van der Waals surface area (Å²) in [6, 6.07) is 72.3. The molecule has 1 aromatic heterocycles. The van der Waals surface area contributed by atoms with Crippen molar-refractivity contribution in [1.82, 2.24) is 0 Å². The molecular weight excluding hydrogens is 761 g/mol. The number of hydrogen-bond donors (Lipinski definition) is 0. The van der Waals surface area contributed by atoms with Crippen molar-refractivity contribution in [2.24, 2.45) is 0 Å². The molecule has 0 aliphatic heterocycles. The van der Waals surface area contributed by atoms with Gasteiger partial charge in [0.2, 0.25) is 0 Å². The smallest absolute Gasteiger partial charge is 0.143 e. The molecule has 63 heavy (non-hydrogen) atoms. The summed E-state index contributed by atoms with van der Waals surface area (Å²) in [6.07, 6.45) is 0. The van der Waals surface area contributed by atoms with Gasteiger partial charge >= 0.3 is 0 Å². The van der Waals surface area contributed by atoms with Crippen LogP contribution in [-0.4, -0.2) is 0 Å². The van der Waals surface area contributed by atoms with Crippen LogP contribution in [0.2, 0.25) is 0 Å². The molecule has 0 atom stereocenters. The number of fused-ring (bicyclic) bond motifs is 12. The molecule has 0 saturated carbocycles. The number of furan rings is 1. The van der Waals surface area contributed by atoms with Crippen LogP contribution in [0.3, 0.4) is 0 Å². The third-order valence-electron chi connectivity index (χ3n) is 14.7. The zero-order chi connectivity index (χ0) is 42.2. The molecule has 10 aromatic carbocycles. The molecule has 0 fully saturated rings. The largest absolute Gasteiger partial charge is 0.455 e. The summed E-state index contributed by atoms with van der Waals surface area (Å²) in [6.45, 7) is 9.43. The second-order valence-corrected chi connectivity index (χ2v) is 18.8. The predicted octanol–water partition coefficient (Wildman–Crippen LogP) is 17.2. The van der Waals surface area contributed by atoms with E-state index < -0.39 is 0 Å². The lowest BCUT2D eigenvalue weighted by atomic mass is 9.81. The van der Waals surface area contributed by atoms with Crippen molar-refractivity contribution in [3.63, 3.8) is 0 Å². The van der Waals surface area contributed by atoms with Crippen molar-refractivity contribution in [3.8, 4) is 66.8 Å². The van der Waals surface area contributed by atoms with Crippen molar-refractivity contribution in [3.05, 3.63) is 216 Å².